The molecule has 5 nitrogen and oxygen atoms in total. The maximum absolute atomic E-state index is 13.1. The van der Waals surface area contributed by atoms with Crippen molar-refractivity contribution in [1.29, 1.82) is 0 Å². The molecule has 4 rings (SSSR count). The minimum absolute atomic E-state index is 0.228. The smallest absolute Gasteiger partial charge is 0.325 e. The Labute approximate surface area is 169 Å². The number of hydrogen-bond acceptors (Lipinski definition) is 3. The Balaban J connectivity index is 1.53. The summed E-state index contributed by atoms with van der Waals surface area (Å²) in [6, 6.07) is 24.8. The Morgan fingerprint density at radius 2 is 1.48 bits per heavy atom. The lowest BCUT2D eigenvalue weighted by molar-refractivity contribution is -0.131. The summed E-state index contributed by atoms with van der Waals surface area (Å²) in [6.07, 6.45) is 0. The van der Waals surface area contributed by atoms with E-state index in [1.165, 1.54) is 4.90 Å². The molecule has 0 aromatic heterocycles. The van der Waals surface area contributed by atoms with Crippen molar-refractivity contribution in [2.75, 3.05) is 7.11 Å². The van der Waals surface area contributed by atoms with Crippen molar-refractivity contribution < 1.29 is 14.3 Å². The van der Waals surface area contributed by atoms with Crippen LogP contribution in [-0.2, 0) is 16.9 Å². The maximum atomic E-state index is 13.1. The molecule has 0 saturated carbocycles. The Morgan fingerprint density at radius 1 is 0.862 bits per heavy atom. The van der Waals surface area contributed by atoms with E-state index >= 15 is 0 Å². The average Bonchev–Trinajstić information content (AvgIpc) is 2.99. The van der Waals surface area contributed by atoms with Crippen LogP contribution in [0.15, 0.2) is 78.9 Å². The SMILES string of the molecule is COc1ccc(C2(C)NC(=O)N(Cc3ccc(-c4ccccc4)cc3)C2=O)cc1. The largest absolute Gasteiger partial charge is 0.497 e. The average molecular weight is 386 g/mol. The van der Waals surface area contributed by atoms with E-state index in [0.29, 0.717) is 5.75 Å². The van der Waals surface area contributed by atoms with Crippen LogP contribution >= 0.6 is 0 Å². The van der Waals surface area contributed by atoms with Crippen LogP contribution in [0.3, 0.4) is 0 Å². The van der Waals surface area contributed by atoms with Crippen molar-refractivity contribution >= 4 is 11.9 Å². The number of nitrogens with zero attached hydrogens (tertiary/aromatic N) is 1. The fourth-order valence-corrected chi connectivity index (χ4v) is 3.58. The van der Waals surface area contributed by atoms with Gasteiger partial charge in [-0.1, -0.05) is 66.7 Å². The van der Waals surface area contributed by atoms with E-state index in [9.17, 15) is 9.59 Å². The lowest BCUT2D eigenvalue weighted by Crippen LogP contribution is -2.40. The van der Waals surface area contributed by atoms with E-state index in [0.717, 1.165) is 22.3 Å². The Bertz CT molecular complexity index is 1030. The van der Waals surface area contributed by atoms with E-state index in [2.05, 4.69) is 5.32 Å². The summed E-state index contributed by atoms with van der Waals surface area (Å²) in [4.78, 5) is 26.9. The highest BCUT2D eigenvalue weighted by Crippen LogP contribution is 2.31. The zero-order valence-electron chi connectivity index (χ0n) is 16.4. The second-order valence-corrected chi connectivity index (χ2v) is 7.24. The fraction of sp³-hybridized carbons (Fsp3) is 0.167. The fourth-order valence-electron chi connectivity index (χ4n) is 3.58. The quantitative estimate of drug-likeness (QED) is 0.664. The summed E-state index contributed by atoms with van der Waals surface area (Å²) >= 11 is 0. The molecule has 0 aliphatic carbocycles. The number of urea groups is 1. The number of imide groups is 1. The van der Waals surface area contributed by atoms with Crippen LogP contribution < -0.4 is 10.1 Å². The number of amides is 3. The number of benzene rings is 3. The minimum Gasteiger partial charge on any atom is -0.497 e. The summed E-state index contributed by atoms with van der Waals surface area (Å²) in [6.45, 7) is 1.96. The number of rotatable bonds is 5. The van der Waals surface area contributed by atoms with Crippen LogP contribution in [0.4, 0.5) is 4.79 Å². The highest BCUT2D eigenvalue weighted by molar-refractivity contribution is 6.07. The molecule has 29 heavy (non-hydrogen) atoms. The van der Waals surface area contributed by atoms with E-state index in [-0.39, 0.29) is 18.5 Å². The molecule has 3 amide bonds. The van der Waals surface area contributed by atoms with Crippen molar-refractivity contribution in [2.24, 2.45) is 0 Å². The van der Waals surface area contributed by atoms with Crippen molar-refractivity contribution in [1.82, 2.24) is 10.2 Å². The molecular weight excluding hydrogens is 364 g/mol. The predicted molar refractivity (Wildman–Crippen MR) is 111 cm³/mol. The first-order chi connectivity index (χ1) is 14.0. The second-order valence-electron chi connectivity index (χ2n) is 7.24. The Kier molecular flexibility index (Phi) is 4.80. The maximum Gasteiger partial charge on any atom is 0.325 e. The predicted octanol–water partition coefficient (Wildman–Crippen LogP) is 4.33. The van der Waals surface area contributed by atoms with Gasteiger partial charge in [-0.15, -0.1) is 0 Å². The van der Waals surface area contributed by atoms with Gasteiger partial charge in [0.25, 0.3) is 5.91 Å². The van der Waals surface area contributed by atoms with Gasteiger partial charge in [0.1, 0.15) is 11.3 Å². The lowest BCUT2D eigenvalue weighted by Gasteiger charge is -2.22. The molecule has 1 aliphatic rings. The molecule has 1 fully saturated rings. The van der Waals surface area contributed by atoms with Gasteiger partial charge in [-0.05, 0) is 41.3 Å². The van der Waals surface area contributed by atoms with Gasteiger partial charge in [0.15, 0.2) is 0 Å². The summed E-state index contributed by atoms with van der Waals surface area (Å²) in [5.41, 5.74) is 2.74. The molecule has 1 unspecified atom stereocenters. The molecule has 1 heterocycles. The first kappa shape index (κ1) is 18.7. The normalized spacial score (nSPS) is 18.6. The summed E-state index contributed by atoms with van der Waals surface area (Å²) in [7, 11) is 1.59. The first-order valence-corrected chi connectivity index (χ1v) is 9.44. The van der Waals surface area contributed by atoms with Crippen LogP contribution in [0.2, 0.25) is 0 Å². The summed E-state index contributed by atoms with van der Waals surface area (Å²) < 4.78 is 5.17. The number of hydrogen-bond donors (Lipinski definition) is 1. The molecule has 146 valence electrons. The van der Waals surface area contributed by atoms with E-state index < -0.39 is 5.54 Å². The van der Waals surface area contributed by atoms with Gasteiger partial charge >= 0.3 is 6.03 Å². The van der Waals surface area contributed by atoms with Gasteiger partial charge in [-0.25, -0.2) is 4.79 Å². The lowest BCUT2D eigenvalue weighted by atomic mass is 9.92. The van der Waals surface area contributed by atoms with Crippen molar-refractivity contribution in [3.63, 3.8) is 0 Å². The molecule has 0 spiro atoms. The van der Waals surface area contributed by atoms with Crippen molar-refractivity contribution in [3.8, 4) is 16.9 Å². The van der Waals surface area contributed by atoms with Gasteiger partial charge < -0.3 is 10.1 Å². The Morgan fingerprint density at radius 3 is 2.10 bits per heavy atom. The third-order valence-electron chi connectivity index (χ3n) is 5.34. The molecule has 1 N–H and O–H groups in total. The number of methoxy groups -OCH3 is 1. The van der Waals surface area contributed by atoms with Gasteiger partial charge in [0, 0.05) is 0 Å². The molecular formula is C24H22N2O3. The summed E-state index contributed by atoms with van der Waals surface area (Å²) in [5, 5.41) is 2.84. The number of carbonyl (C=O) groups excluding carboxylic acids is 2. The molecule has 5 heteroatoms. The van der Waals surface area contributed by atoms with Crippen LogP contribution in [0, 0.1) is 0 Å². The third kappa shape index (κ3) is 3.47. The molecule has 1 saturated heterocycles. The first-order valence-electron chi connectivity index (χ1n) is 9.44. The number of nitrogens with one attached hydrogen (secondary N) is 1. The van der Waals surface area contributed by atoms with Crippen molar-refractivity contribution in [2.45, 2.75) is 19.0 Å². The van der Waals surface area contributed by atoms with Crippen LogP contribution in [0.1, 0.15) is 18.1 Å². The molecule has 0 radical (unpaired) electrons. The monoisotopic (exact) mass is 386 g/mol. The minimum atomic E-state index is -1.09. The van der Waals surface area contributed by atoms with Crippen LogP contribution in [0.25, 0.3) is 11.1 Å². The molecule has 0 bridgehead atoms. The zero-order valence-corrected chi connectivity index (χ0v) is 16.4. The van der Waals surface area contributed by atoms with Gasteiger partial charge in [-0.3, -0.25) is 9.69 Å². The second kappa shape index (κ2) is 7.43. The van der Waals surface area contributed by atoms with E-state index in [1.807, 2.05) is 54.6 Å². The Hall–Kier alpha value is -3.60. The van der Waals surface area contributed by atoms with Crippen molar-refractivity contribution in [3.05, 3.63) is 90.0 Å². The van der Waals surface area contributed by atoms with Crippen LogP contribution in [0.5, 0.6) is 5.75 Å². The molecule has 1 atom stereocenters. The van der Waals surface area contributed by atoms with Crippen LogP contribution in [-0.4, -0.2) is 23.9 Å². The molecule has 3 aromatic rings. The van der Waals surface area contributed by atoms with Gasteiger partial charge in [0.2, 0.25) is 0 Å². The molecule has 1 aliphatic heterocycles. The third-order valence-corrected chi connectivity index (χ3v) is 5.34. The zero-order chi connectivity index (χ0) is 20.4. The number of ether oxygens (including phenoxy) is 1. The summed E-state index contributed by atoms with van der Waals surface area (Å²) in [5.74, 6) is 0.435. The van der Waals surface area contributed by atoms with E-state index in [1.54, 1.807) is 38.3 Å². The standard InChI is InChI=1S/C24H22N2O3/c1-24(20-12-14-21(29-2)15-13-20)22(27)26(23(28)25-24)16-17-8-10-19(11-9-17)18-6-4-3-5-7-18/h3-15H,16H2,1-2H3,(H,25,28). The van der Waals surface area contributed by atoms with Gasteiger partial charge in [-0.2, -0.15) is 0 Å². The highest BCUT2D eigenvalue weighted by atomic mass is 16.5. The van der Waals surface area contributed by atoms with E-state index in [4.69, 9.17) is 4.74 Å². The van der Waals surface area contributed by atoms with Gasteiger partial charge in [0.05, 0.1) is 13.7 Å². The topological polar surface area (TPSA) is 58.6 Å². The highest BCUT2D eigenvalue weighted by Gasteiger charge is 2.48. The molecule has 3 aromatic carbocycles. The number of carbonyl (C=O) groups is 2.